The number of fused-ring (bicyclic) bond motifs is 1. The molecule has 1 N–H and O–H groups in total. The van der Waals surface area contributed by atoms with Crippen LogP contribution in [0.4, 0.5) is 5.69 Å². The fourth-order valence-electron chi connectivity index (χ4n) is 2.37. The Hall–Kier alpha value is -2.56. The largest absolute Gasteiger partial charge is 0.384 e. The summed E-state index contributed by atoms with van der Waals surface area (Å²) in [5.74, 6) is -0.363. The third kappa shape index (κ3) is 2.42. The molecule has 1 aromatic heterocycles. The van der Waals surface area contributed by atoms with Gasteiger partial charge < -0.3 is 5.32 Å². The lowest BCUT2D eigenvalue weighted by Crippen LogP contribution is -2.27. The first-order chi connectivity index (χ1) is 10.0. The van der Waals surface area contributed by atoms with Crippen LogP contribution < -0.4 is 11.0 Å². The highest BCUT2D eigenvalue weighted by Crippen LogP contribution is 2.24. The van der Waals surface area contributed by atoms with Crippen molar-refractivity contribution in [1.82, 2.24) is 9.13 Å². The Morgan fingerprint density at radius 2 is 2.10 bits per heavy atom. The predicted octanol–water partition coefficient (Wildman–Crippen LogP) is 2.94. The van der Waals surface area contributed by atoms with Crippen molar-refractivity contribution in [1.29, 1.82) is 0 Å². The van der Waals surface area contributed by atoms with Crippen LogP contribution in [-0.2, 0) is 0 Å². The summed E-state index contributed by atoms with van der Waals surface area (Å²) in [7, 11) is 0. The average Bonchev–Trinajstić information content (AvgIpc) is 2.72. The van der Waals surface area contributed by atoms with E-state index in [1.54, 1.807) is 19.9 Å². The quantitative estimate of drug-likeness (QED) is 0.879. The van der Waals surface area contributed by atoms with Gasteiger partial charge in [-0.3, -0.25) is 9.36 Å². The first-order valence-corrected chi connectivity index (χ1v) is 6.86. The molecule has 1 aromatic carbocycles. The number of benzene rings is 1. The van der Waals surface area contributed by atoms with Crippen molar-refractivity contribution < 1.29 is 4.79 Å². The molecular weight excluding hydrogens is 266 g/mol. The summed E-state index contributed by atoms with van der Waals surface area (Å²) in [6, 6.07) is 5.52. The number of allylic oxidation sites excluding steroid dienone is 3. The zero-order chi connectivity index (χ0) is 15.6. The van der Waals surface area contributed by atoms with Gasteiger partial charge in [0, 0.05) is 12.2 Å². The standard InChI is InChI=1S/C16H19N3O2/c1-5-8-14(20)19-15-12(17-6-2)9-7-10-13(15)18(11(3)4)16(19)21/h5,7-10,17H,3,6H2,1-2,4H3. The van der Waals surface area contributed by atoms with Crippen molar-refractivity contribution in [3.8, 4) is 0 Å². The van der Waals surface area contributed by atoms with Gasteiger partial charge in [0.05, 0.1) is 11.2 Å². The monoisotopic (exact) mass is 285 g/mol. The molecule has 0 spiro atoms. The normalized spacial score (nSPS) is 11.2. The number of hydrogen-bond acceptors (Lipinski definition) is 3. The Morgan fingerprint density at radius 3 is 2.67 bits per heavy atom. The van der Waals surface area contributed by atoms with Gasteiger partial charge in [0.1, 0.15) is 5.52 Å². The minimum Gasteiger partial charge on any atom is -0.384 e. The fourth-order valence-corrected chi connectivity index (χ4v) is 2.37. The van der Waals surface area contributed by atoms with Gasteiger partial charge in [-0.15, -0.1) is 0 Å². The van der Waals surface area contributed by atoms with Crippen LogP contribution in [0.3, 0.4) is 0 Å². The summed E-state index contributed by atoms with van der Waals surface area (Å²) in [5.41, 5.74) is 2.18. The van der Waals surface area contributed by atoms with Gasteiger partial charge in [0.15, 0.2) is 0 Å². The van der Waals surface area contributed by atoms with Gasteiger partial charge >= 0.3 is 5.69 Å². The maximum atomic E-state index is 12.6. The minimum atomic E-state index is -0.397. The Balaban J connectivity index is 2.94. The van der Waals surface area contributed by atoms with Gasteiger partial charge in [-0.1, -0.05) is 18.7 Å². The van der Waals surface area contributed by atoms with E-state index in [0.717, 1.165) is 5.69 Å². The third-order valence-electron chi connectivity index (χ3n) is 3.14. The lowest BCUT2D eigenvalue weighted by atomic mass is 10.2. The van der Waals surface area contributed by atoms with E-state index in [0.29, 0.717) is 23.3 Å². The van der Waals surface area contributed by atoms with Crippen LogP contribution in [0.2, 0.25) is 0 Å². The molecule has 0 atom stereocenters. The first kappa shape index (κ1) is 14.8. The second-order valence-electron chi connectivity index (χ2n) is 4.73. The number of nitrogens with one attached hydrogen (secondary N) is 1. The summed E-state index contributed by atoms with van der Waals surface area (Å²) in [4.78, 5) is 24.9. The van der Waals surface area contributed by atoms with Crippen LogP contribution in [0.25, 0.3) is 16.7 Å². The maximum absolute atomic E-state index is 12.6. The molecule has 110 valence electrons. The van der Waals surface area contributed by atoms with Gasteiger partial charge in [0.25, 0.3) is 5.91 Å². The molecule has 0 aliphatic carbocycles. The number of para-hydroxylation sites is 1. The molecule has 0 aliphatic rings. The molecule has 0 bridgehead atoms. The predicted molar refractivity (Wildman–Crippen MR) is 86.8 cm³/mol. The number of hydrogen-bond donors (Lipinski definition) is 1. The van der Waals surface area contributed by atoms with E-state index < -0.39 is 5.69 Å². The molecule has 0 amide bonds. The molecule has 0 aliphatic heterocycles. The van der Waals surface area contributed by atoms with Crippen molar-refractivity contribution in [2.75, 3.05) is 11.9 Å². The molecule has 21 heavy (non-hydrogen) atoms. The number of carbonyl (C=O) groups excluding carboxylic acids is 1. The molecule has 5 heteroatoms. The summed E-state index contributed by atoms with van der Waals surface area (Å²) in [6.45, 7) is 9.97. The Labute approximate surface area is 123 Å². The zero-order valence-electron chi connectivity index (χ0n) is 12.5. The Morgan fingerprint density at radius 1 is 1.38 bits per heavy atom. The van der Waals surface area contributed by atoms with E-state index in [2.05, 4.69) is 11.9 Å². The number of carbonyl (C=O) groups is 1. The SMILES string of the molecule is C=C(C)n1c(=O)n(C(=O)C=CC)c2c(NCC)cccc21. The van der Waals surface area contributed by atoms with Crippen LogP contribution >= 0.6 is 0 Å². The summed E-state index contributed by atoms with van der Waals surface area (Å²) in [5, 5.41) is 3.19. The van der Waals surface area contributed by atoms with Crippen molar-refractivity contribution in [2.24, 2.45) is 0 Å². The van der Waals surface area contributed by atoms with Crippen molar-refractivity contribution in [3.63, 3.8) is 0 Å². The van der Waals surface area contributed by atoms with Crippen LogP contribution in [-0.4, -0.2) is 21.6 Å². The van der Waals surface area contributed by atoms with Crippen LogP contribution in [0, 0.1) is 0 Å². The van der Waals surface area contributed by atoms with Crippen molar-refractivity contribution in [3.05, 3.63) is 47.4 Å². The zero-order valence-corrected chi connectivity index (χ0v) is 12.5. The van der Waals surface area contributed by atoms with Crippen molar-refractivity contribution >= 4 is 28.3 Å². The highest BCUT2D eigenvalue weighted by molar-refractivity contribution is 6.02. The van der Waals surface area contributed by atoms with E-state index in [4.69, 9.17) is 0 Å². The van der Waals surface area contributed by atoms with E-state index >= 15 is 0 Å². The van der Waals surface area contributed by atoms with Gasteiger partial charge in [0.2, 0.25) is 0 Å². The van der Waals surface area contributed by atoms with Crippen LogP contribution in [0.5, 0.6) is 0 Å². The summed E-state index contributed by atoms with van der Waals surface area (Å²) >= 11 is 0. The number of rotatable bonds is 4. The number of anilines is 1. The van der Waals surface area contributed by atoms with Gasteiger partial charge in [-0.05, 0) is 39.0 Å². The van der Waals surface area contributed by atoms with Gasteiger partial charge in [-0.25, -0.2) is 9.36 Å². The molecule has 0 radical (unpaired) electrons. The van der Waals surface area contributed by atoms with E-state index in [1.165, 1.54) is 15.2 Å². The Bertz CT molecular complexity index is 794. The van der Waals surface area contributed by atoms with Crippen LogP contribution in [0.1, 0.15) is 25.6 Å². The molecule has 0 saturated carbocycles. The van der Waals surface area contributed by atoms with Crippen LogP contribution in [0.15, 0.2) is 41.7 Å². The fraction of sp³-hybridized carbons (Fsp3) is 0.250. The molecule has 0 unspecified atom stereocenters. The second-order valence-corrected chi connectivity index (χ2v) is 4.73. The molecule has 2 rings (SSSR count). The smallest absolute Gasteiger partial charge is 0.340 e. The molecule has 0 saturated heterocycles. The lowest BCUT2D eigenvalue weighted by molar-refractivity contribution is 0.0969. The highest BCUT2D eigenvalue weighted by atomic mass is 16.2. The lowest BCUT2D eigenvalue weighted by Gasteiger charge is -2.07. The van der Waals surface area contributed by atoms with E-state index in [9.17, 15) is 9.59 Å². The highest BCUT2D eigenvalue weighted by Gasteiger charge is 2.19. The minimum absolute atomic E-state index is 0.363. The van der Waals surface area contributed by atoms with Gasteiger partial charge in [-0.2, -0.15) is 0 Å². The Kier molecular flexibility index (Phi) is 4.12. The molecule has 0 fully saturated rings. The van der Waals surface area contributed by atoms with E-state index in [-0.39, 0.29) is 5.91 Å². The average molecular weight is 285 g/mol. The van der Waals surface area contributed by atoms with E-state index in [1.807, 2.05) is 25.1 Å². The molecule has 2 aromatic rings. The molecule has 1 heterocycles. The number of imidazole rings is 1. The summed E-state index contributed by atoms with van der Waals surface area (Å²) < 4.78 is 2.64. The first-order valence-electron chi connectivity index (χ1n) is 6.86. The second kappa shape index (κ2) is 5.83. The number of aromatic nitrogens is 2. The van der Waals surface area contributed by atoms with Crippen molar-refractivity contribution in [2.45, 2.75) is 20.8 Å². The third-order valence-corrected chi connectivity index (χ3v) is 3.14. The molecular formula is C16H19N3O2. The molecule has 5 nitrogen and oxygen atoms in total. The topological polar surface area (TPSA) is 56.0 Å². The maximum Gasteiger partial charge on any atom is 0.340 e. The summed E-state index contributed by atoms with van der Waals surface area (Å²) in [6.07, 6.45) is 3.00. The number of nitrogens with zero attached hydrogens (tertiary/aromatic N) is 2.